The van der Waals surface area contributed by atoms with Crippen LogP contribution < -0.4 is 10.1 Å². The van der Waals surface area contributed by atoms with Crippen molar-refractivity contribution < 1.29 is 9.26 Å². The SMILES string of the molecule is COc1ccc(-c2noc(-c3cccnc3NC(C)c3ccc(C)cc3)n2)cc1. The van der Waals surface area contributed by atoms with Crippen molar-refractivity contribution in [2.24, 2.45) is 0 Å². The first-order chi connectivity index (χ1) is 14.1. The zero-order valence-electron chi connectivity index (χ0n) is 16.6. The highest BCUT2D eigenvalue weighted by molar-refractivity contribution is 5.70. The summed E-state index contributed by atoms with van der Waals surface area (Å²) in [6, 6.07) is 19.8. The van der Waals surface area contributed by atoms with E-state index >= 15 is 0 Å². The van der Waals surface area contributed by atoms with Crippen molar-refractivity contribution in [2.75, 3.05) is 12.4 Å². The van der Waals surface area contributed by atoms with Gasteiger partial charge in [-0.25, -0.2) is 4.98 Å². The minimum Gasteiger partial charge on any atom is -0.497 e. The van der Waals surface area contributed by atoms with Gasteiger partial charge in [0.2, 0.25) is 5.82 Å². The van der Waals surface area contributed by atoms with Crippen molar-refractivity contribution >= 4 is 5.82 Å². The highest BCUT2D eigenvalue weighted by Gasteiger charge is 2.17. The van der Waals surface area contributed by atoms with Crippen molar-refractivity contribution in [2.45, 2.75) is 19.9 Å². The van der Waals surface area contributed by atoms with E-state index < -0.39 is 0 Å². The lowest BCUT2D eigenvalue weighted by Gasteiger charge is -2.16. The molecule has 0 amide bonds. The number of rotatable bonds is 6. The molecule has 0 radical (unpaired) electrons. The summed E-state index contributed by atoms with van der Waals surface area (Å²) in [6.07, 6.45) is 1.74. The minimum absolute atomic E-state index is 0.0771. The molecule has 4 aromatic rings. The Balaban J connectivity index is 1.59. The Kier molecular flexibility index (Phi) is 5.24. The number of benzene rings is 2. The zero-order chi connectivity index (χ0) is 20.2. The quantitative estimate of drug-likeness (QED) is 0.485. The first-order valence-corrected chi connectivity index (χ1v) is 9.40. The third-order valence-corrected chi connectivity index (χ3v) is 4.74. The molecule has 0 spiro atoms. The number of nitrogens with zero attached hydrogens (tertiary/aromatic N) is 3. The molecule has 0 aliphatic carbocycles. The smallest absolute Gasteiger partial charge is 0.261 e. The van der Waals surface area contributed by atoms with Crippen LogP contribution >= 0.6 is 0 Å². The maximum absolute atomic E-state index is 5.53. The second-order valence-electron chi connectivity index (χ2n) is 6.83. The Labute approximate surface area is 169 Å². The van der Waals surface area contributed by atoms with Crippen molar-refractivity contribution in [3.8, 4) is 28.6 Å². The predicted molar refractivity (Wildman–Crippen MR) is 113 cm³/mol. The van der Waals surface area contributed by atoms with Gasteiger partial charge >= 0.3 is 0 Å². The van der Waals surface area contributed by atoms with Gasteiger partial charge in [-0.1, -0.05) is 35.0 Å². The molecule has 146 valence electrons. The number of hydrogen-bond donors (Lipinski definition) is 1. The Morgan fingerprint density at radius 1 is 1.00 bits per heavy atom. The van der Waals surface area contributed by atoms with E-state index in [4.69, 9.17) is 9.26 Å². The average Bonchev–Trinajstić information content (AvgIpc) is 3.25. The summed E-state index contributed by atoms with van der Waals surface area (Å²) >= 11 is 0. The van der Waals surface area contributed by atoms with Gasteiger partial charge in [-0.2, -0.15) is 4.98 Å². The van der Waals surface area contributed by atoms with E-state index in [0.717, 1.165) is 16.9 Å². The van der Waals surface area contributed by atoms with Crippen LogP contribution in [0.3, 0.4) is 0 Å². The molecule has 6 nitrogen and oxygen atoms in total. The fraction of sp³-hybridized carbons (Fsp3) is 0.174. The van der Waals surface area contributed by atoms with Crippen LogP contribution in [-0.2, 0) is 0 Å². The second-order valence-corrected chi connectivity index (χ2v) is 6.83. The summed E-state index contributed by atoms with van der Waals surface area (Å²) in [6.45, 7) is 4.18. The van der Waals surface area contributed by atoms with Crippen molar-refractivity contribution in [3.05, 3.63) is 78.0 Å². The topological polar surface area (TPSA) is 73.1 Å². The number of nitrogens with one attached hydrogen (secondary N) is 1. The summed E-state index contributed by atoms with van der Waals surface area (Å²) in [4.78, 5) is 9.05. The highest BCUT2D eigenvalue weighted by Crippen LogP contribution is 2.29. The van der Waals surface area contributed by atoms with Crippen LogP contribution in [0.15, 0.2) is 71.4 Å². The molecule has 2 aromatic carbocycles. The molecular formula is C23H22N4O2. The fourth-order valence-electron chi connectivity index (χ4n) is 3.03. The molecule has 2 heterocycles. The lowest BCUT2D eigenvalue weighted by molar-refractivity contribution is 0.415. The van der Waals surface area contributed by atoms with Gasteiger partial charge in [0.05, 0.1) is 12.7 Å². The predicted octanol–water partition coefficient (Wildman–Crippen LogP) is 5.29. The van der Waals surface area contributed by atoms with Crippen LogP contribution in [0.5, 0.6) is 5.75 Å². The molecule has 0 fully saturated rings. The van der Waals surface area contributed by atoms with E-state index in [2.05, 4.69) is 58.6 Å². The second kappa shape index (κ2) is 8.14. The zero-order valence-corrected chi connectivity index (χ0v) is 16.6. The van der Waals surface area contributed by atoms with Crippen molar-refractivity contribution in [1.82, 2.24) is 15.1 Å². The lowest BCUT2D eigenvalue weighted by Crippen LogP contribution is -2.09. The standard InChI is InChI=1S/C23H22N4O2/c1-15-6-8-17(9-7-15)16(2)25-22-20(5-4-14-24-22)23-26-21(27-29-23)18-10-12-19(28-3)13-11-18/h4-14,16H,1-3H3,(H,24,25). The molecule has 0 aliphatic heterocycles. The van der Waals surface area contributed by atoms with Gasteiger partial charge in [0.15, 0.2) is 0 Å². The van der Waals surface area contributed by atoms with Gasteiger partial charge in [0, 0.05) is 17.8 Å². The lowest BCUT2D eigenvalue weighted by atomic mass is 10.1. The summed E-state index contributed by atoms with van der Waals surface area (Å²) in [5.74, 6) is 2.42. The number of aromatic nitrogens is 3. The van der Waals surface area contributed by atoms with E-state index in [9.17, 15) is 0 Å². The minimum atomic E-state index is 0.0771. The normalized spacial score (nSPS) is 11.8. The Hall–Kier alpha value is -3.67. The van der Waals surface area contributed by atoms with Crippen LogP contribution in [0.4, 0.5) is 5.82 Å². The highest BCUT2D eigenvalue weighted by atomic mass is 16.5. The summed E-state index contributed by atoms with van der Waals surface area (Å²) in [5, 5.41) is 7.58. The number of anilines is 1. The molecule has 1 atom stereocenters. The van der Waals surface area contributed by atoms with E-state index in [-0.39, 0.29) is 6.04 Å². The van der Waals surface area contributed by atoms with Crippen LogP contribution in [0, 0.1) is 6.92 Å². The molecule has 0 bridgehead atoms. The van der Waals surface area contributed by atoms with Gasteiger partial charge in [-0.15, -0.1) is 0 Å². The number of hydrogen-bond acceptors (Lipinski definition) is 6. The number of methoxy groups -OCH3 is 1. The number of aryl methyl sites for hydroxylation is 1. The molecule has 1 unspecified atom stereocenters. The summed E-state index contributed by atoms with van der Waals surface area (Å²) in [5.41, 5.74) is 4.03. The van der Waals surface area contributed by atoms with E-state index in [1.807, 2.05) is 36.4 Å². The third-order valence-electron chi connectivity index (χ3n) is 4.74. The van der Waals surface area contributed by atoms with Gasteiger partial charge < -0.3 is 14.6 Å². The Morgan fingerprint density at radius 3 is 2.48 bits per heavy atom. The first kappa shape index (κ1) is 18.7. The summed E-state index contributed by atoms with van der Waals surface area (Å²) < 4.78 is 10.7. The van der Waals surface area contributed by atoms with Gasteiger partial charge in [-0.05, 0) is 55.8 Å². The number of ether oxygens (including phenoxy) is 1. The average molecular weight is 386 g/mol. The molecule has 4 rings (SSSR count). The molecule has 1 N–H and O–H groups in total. The molecule has 29 heavy (non-hydrogen) atoms. The maximum Gasteiger partial charge on any atom is 0.261 e. The van der Waals surface area contributed by atoms with E-state index in [1.165, 1.54) is 11.1 Å². The van der Waals surface area contributed by atoms with Crippen LogP contribution in [0.25, 0.3) is 22.8 Å². The number of pyridine rings is 1. The van der Waals surface area contributed by atoms with Crippen LogP contribution in [0.2, 0.25) is 0 Å². The summed E-state index contributed by atoms with van der Waals surface area (Å²) in [7, 11) is 1.63. The first-order valence-electron chi connectivity index (χ1n) is 9.40. The van der Waals surface area contributed by atoms with Gasteiger partial charge in [0.1, 0.15) is 11.6 Å². The monoisotopic (exact) mass is 386 g/mol. The van der Waals surface area contributed by atoms with Crippen LogP contribution in [0.1, 0.15) is 24.1 Å². The maximum atomic E-state index is 5.53. The van der Waals surface area contributed by atoms with E-state index in [0.29, 0.717) is 17.5 Å². The molecule has 2 aromatic heterocycles. The van der Waals surface area contributed by atoms with Crippen molar-refractivity contribution in [1.29, 1.82) is 0 Å². The van der Waals surface area contributed by atoms with Gasteiger partial charge in [-0.3, -0.25) is 0 Å². The molecule has 0 aliphatic rings. The molecule has 6 heteroatoms. The van der Waals surface area contributed by atoms with E-state index in [1.54, 1.807) is 13.3 Å². The molecular weight excluding hydrogens is 364 g/mol. The van der Waals surface area contributed by atoms with Gasteiger partial charge in [0.25, 0.3) is 5.89 Å². The fourth-order valence-corrected chi connectivity index (χ4v) is 3.03. The van der Waals surface area contributed by atoms with Crippen molar-refractivity contribution in [3.63, 3.8) is 0 Å². The molecule has 0 saturated heterocycles. The largest absolute Gasteiger partial charge is 0.497 e. The molecule has 0 saturated carbocycles. The third kappa shape index (κ3) is 4.11. The Morgan fingerprint density at radius 2 is 1.76 bits per heavy atom. The van der Waals surface area contributed by atoms with Crippen LogP contribution in [-0.4, -0.2) is 22.2 Å². The Bertz CT molecular complexity index is 1090.